The molecule has 0 bridgehead atoms. The Kier molecular flexibility index (Phi) is 7.74. The van der Waals surface area contributed by atoms with Gasteiger partial charge in [0.1, 0.15) is 17.0 Å². The third-order valence-corrected chi connectivity index (χ3v) is 7.99. The highest BCUT2D eigenvalue weighted by Crippen LogP contribution is 2.60. The summed E-state index contributed by atoms with van der Waals surface area (Å²) in [7, 11) is 0. The number of amides is 2. The van der Waals surface area contributed by atoms with Crippen molar-refractivity contribution in [1.29, 1.82) is 0 Å². The molecule has 2 unspecified atom stereocenters. The number of carbonyl (C=O) groups excluding carboxylic acids is 3. The lowest BCUT2D eigenvalue weighted by Gasteiger charge is -2.34. The molecular weight excluding hydrogens is 464 g/mol. The van der Waals surface area contributed by atoms with Gasteiger partial charge in [0.05, 0.1) is 5.92 Å². The number of ketones is 1. The molecule has 1 N–H and O–H groups in total. The molecule has 2 spiro atoms. The van der Waals surface area contributed by atoms with E-state index in [0.29, 0.717) is 18.9 Å². The molecule has 2 heterocycles. The standard InChI is InChI=1S/C14H23NO3.C13H21NO4/c1-10(16)11-9-14(11)5-7-15(8-6-14)12(17)18-13(2,3)4;1-12(2,3)18-11(17)14-6-4-13(5-7-14)8-9(13)10(15)16/h11H,5-9H2,1-4H3;9H,4-8H2,1-3H3,(H,15,16). The summed E-state index contributed by atoms with van der Waals surface area (Å²) in [6.07, 6.45) is 4.72. The van der Waals surface area contributed by atoms with Gasteiger partial charge in [0.2, 0.25) is 0 Å². The molecule has 2 amide bonds. The van der Waals surface area contributed by atoms with Crippen LogP contribution in [0.3, 0.4) is 0 Å². The Hall–Kier alpha value is -2.32. The van der Waals surface area contributed by atoms with Crippen LogP contribution in [0, 0.1) is 22.7 Å². The zero-order chi connectivity index (χ0) is 27.1. The molecule has 36 heavy (non-hydrogen) atoms. The van der Waals surface area contributed by atoms with Crippen molar-refractivity contribution in [1.82, 2.24) is 9.80 Å². The summed E-state index contributed by atoms with van der Waals surface area (Å²) in [6, 6.07) is 0. The first-order chi connectivity index (χ1) is 16.5. The summed E-state index contributed by atoms with van der Waals surface area (Å²) in [5.41, 5.74) is -0.738. The van der Waals surface area contributed by atoms with Crippen LogP contribution in [0.15, 0.2) is 0 Å². The number of carbonyl (C=O) groups is 4. The van der Waals surface area contributed by atoms with Crippen LogP contribution in [0.25, 0.3) is 0 Å². The van der Waals surface area contributed by atoms with Crippen LogP contribution in [0.2, 0.25) is 0 Å². The smallest absolute Gasteiger partial charge is 0.410 e. The van der Waals surface area contributed by atoms with E-state index in [1.54, 1.807) is 16.7 Å². The molecule has 0 radical (unpaired) electrons. The third-order valence-electron chi connectivity index (χ3n) is 7.99. The summed E-state index contributed by atoms with van der Waals surface area (Å²) in [6.45, 7) is 15.5. The van der Waals surface area contributed by atoms with Gasteiger partial charge in [0.25, 0.3) is 0 Å². The van der Waals surface area contributed by atoms with Crippen LogP contribution in [0.5, 0.6) is 0 Å². The average Bonchev–Trinajstić information content (AvgIpc) is 3.63. The molecule has 2 atom stereocenters. The lowest BCUT2D eigenvalue weighted by Crippen LogP contribution is -2.42. The van der Waals surface area contributed by atoms with Crippen molar-refractivity contribution in [2.45, 2.75) is 98.2 Å². The Morgan fingerprint density at radius 2 is 1.03 bits per heavy atom. The Labute approximate surface area is 214 Å². The van der Waals surface area contributed by atoms with E-state index in [2.05, 4.69) is 0 Å². The number of hydrogen-bond donors (Lipinski definition) is 1. The number of rotatable bonds is 2. The molecule has 4 rings (SSSR count). The van der Waals surface area contributed by atoms with Crippen LogP contribution < -0.4 is 0 Å². The molecule has 4 aliphatic rings. The first-order valence-electron chi connectivity index (χ1n) is 13.2. The Balaban J connectivity index is 0.000000201. The highest BCUT2D eigenvalue weighted by molar-refractivity contribution is 5.82. The normalized spacial score (nSPS) is 26.0. The van der Waals surface area contributed by atoms with Gasteiger partial charge in [-0.2, -0.15) is 0 Å². The number of piperidine rings is 2. The highest BCUT2D eigenvalue weighted by Gasteiger charge is 2.59. The highest BCUT2D eigenvalue weighted by atomic mass is 16.6. The van der Waals surface area contributed by atoms with E-state index in [1.807, 2.05) is 41.5 Å². The van der Waals surface area contributed by atoms with Crippen LogP contribution in [-0.2, 0) is 19.1 Å². The molecule has 0 aromatic carbocycles. The van der Waals surface area contributed by atoms with E-state index in [-0.39, 0.29) is 34.9 Å². The molecular formula is C27H44N2O7. The van der Waals surface area contributed by atoms with Crippen LogP contribution >= 0.6 is 0 Å². The van der Waals surface area contributed by atoms with Gasteiger partial charge in [-0.1, -0.05) is 0 Å². The molecule has 4 fully saturated rings. The van der Waals surface area contributed by atoms with Gasteiger partial charge in [-0.3, -0.25) is 9.59 Å². The minimum Gasteiger partial charge on any atom is -0.481 e. The molecule has 2 aliphatic carbocycles. The average molecular weight is 509 g/mol. The number of hydrogen-bond acceptors (Lipinski definition) is 6. The third kappa shape index (κ3) is 6.91. The van der Waals surface area contributed by atoms with Crippen molar-refractivity contribution in [3.8, 4) is 0 Å². The summed E-state index contributed by atoms with van der Waals surface area (Å²) >= 11 is 0. The minimum absolute atomic E-state index is 0.0374. The van der Waals surface area contributed by atoms with E-state index in [1.165, 1.54) is 0 Å². The maximum atomic E-state index is 11.9. The van der Waals surface area contributed by atoms with Crippen LogP contribution in [0.1, 0.15) is 87.0 Å². The van der Waals surface area contributed by atoms with Crippen molar-refractivity contribution >= 4 is 23.9 Å². The van der Waals surface area contributed by atoms with Gasteiger partial charge < -0.3 is 24.4 Å². The van der Waals surface area contributed by atoms with Gasteiger partial charge in [-0.15, -0.1) is 0 Å². The van der Waals surface area contributed by atoms with Crippen LogP contribution in [0.4, 0.5) is 9.59 Å². The van der Waals surface area contributed by atoms with Gasteiger partial charge in [0.15, 0.2) is 0 Å². The zero-order valence-corrected chi connectivity index (χ0v) is 23.0. The second-order valence-corrected chi connectivity index (χ2v) is 13.1. The summed E-state index contributed by atoms with van der Waals surface area (Å²) in [5, 5.41) is 8.99. The van der Waals surface area contributed by atoms with E-state index in [9.17, 15) is 19.2 Å². The molecule has 204 valence electrons. The molecule has 0 aromatic heterocycles. The predicted octanol–water partition coefficient (Wildman–Crippen LogP) is 4.72. The van der Waals surface area contributed by atoms with E-state index >= 15 is 0 Å². The Morgan fingerprint density at radius 3 is 1.28 bits per heavy atom. The lowest BCUT2D eigenvalue weighted by molar-refractivity contribution is -0.139. The molecule has 9 nitrogen and oxygen atoms in total. The minimum atomic E-state index is -0.694. The summed E-state index contributed by atoms with van der Waals surface area (Å²) in [5.74, 6) is -0.335. The maximum Gasteiger partial charge on any atom is 0.410 e. The molecule has 2 saturated carbocycles. The van der Waals surface area contributed by atoms with Crippen molar-refractivity contribution in [2.75, 3.05) is 26.2 Å². The Bertz CT molecular complexity index is 798. The number of aliphatic carboxylic acids is 1. The summed E-state index contributed by atoms with van der Waals surface area (Å²) < 4.78 is 10.7. The first-order valence-corrected chi connectivity index (χ1v) is 13.2. The fourth-order valence-electron chi connectivity index (χ4n) is 5.65. The number of Topliss-reactive ketones (excluding diaryl/α,β-unsaturated/α-hetero) is 1. The van der Waals surface area contributed by atoms with Gasteiger partial charge in [-0.05, 0) is 97.8 Å². The number of nitrogens with zero attached hydrogens (tertiary/aromatic N) is 2. The maximum absolute atomic E-state index is 11.9. The van der Waals surface area contributed by atoms with E-state index in [0.717, 1.165) is 51.6 Å². The SMILES string of the molecule is CC(=O)C1CC12CCN(C(=O)OC(C)(C)C)CC2.CC(C)(C)OC(=O)N1CCC2(CC1)CC2C(=O)O. The van der Waals surface area contributed by atoms with Gasteiger partial charge >= 0.3 is 18.2 Å². The number of carboxylic acid groups (broad SMARTS) is 1. The first kappa shape index (κ1) is 28.3. The van der Waals surface area contributed by atoms with Gasteiger partial charge in [0, 0.05) is 32.1 Å². The van der Waals surface area contributed by atoms with Crippen molar-refractivity contribution in [3.63, 3.8) is 0 Å². The fraction of sp³-hybridized carbons (Fsp3) is 0.852. The van der Waals surface area contributed by atoms with Crippen LogP contribution in [-0.4, -0.2) is 76.2 Å². The molecule has 9 heteroatoms. The summed E-state index contributed by atoms with van der Waals surface area (Å²) in [4.78, 5) is 49.5. The topological polar surface area (TPSA) is 113 Å². The van der Waals surface area contributed by atoms with E-state index in [4.69, 9.17) is 14.6 Å². The fourth-order valence-corrected chi connectivity index (χ4v) is 5.65. The van der Waals surface area contributed by atoms with Crippen molar-refractivity contribution in [3.05, 3.63) is 0 Å². The number of carboxylic acids is 1. The largest absolute Gasteiger partial charge is 0.481 e. The lowest BCUT2D eigenvalue weighted by atomic mass is 9.90. The van der Waals surface area contributed by atoms with Crippen molar-refractivity contribution < 1.29 is 33.8 Å². The van der Waals surface area contributed by atoms with Crippen molar-refractivity contribution in [2.24, 2.45) is 22.7 Å². The number of ether oxygens (including phenoxy) is 2. The molecule has 2 aliphatic heterocycles. The monoisotopic (exact) mass is 508 g/mol. The quantitative estimate of drug-likeness (QED) is 0.574. The number of likely N-dealkylation sites (tertiary alicyclic amines) is 2. The van der Waals surface area contributed by atoms with Gasteiger partial charge in [-0.25, -0.2) is 9.59 Å². The molecule has 0 aromatic rings. The predicted molar refractivity (Wildman–Crippen MR) is 133 cm³/mol. The Morgan fingerprint density at radius 1 is 0.694 bits per heavy atom. The zero-order valence-electron chi connectivity index (χ0n) is 23.0. The molecule has 2 saturated heterocycles. The second kappa shape index (κ2) is 9.86. The second-order valence-electron chi connectivity index (χ2n) is 13.1. The van der Waals surface area contributed by atoms with E-state index < -0.39 is 17.2 Å².